The molecule has 0 atom stereocenters. The van der Waals surface area contributed by atoms with Gasteiger partial charge in [0.25, 0.3) is 0 Å². The number of rotatable bonds is 6. The van der Waals surface area contributed by atoms with Gasteiger partial charge in [0.1, 0.15) is 5.75 Å². The topological polar surface area (TPSA) is 69.6 Å². The fourth-order valence-corrected chi connectivity index (χ4v) is 2.53. The van der Waals surface area contributed by atoms with Crippen molar-refractivity contribution in [2.45, 2.75) is 19.9 Å². The molecule has 0 amide bonds. The highest BCUT2D eigenvalue weighted by Crippen LogP contribution is 2.19. The molecule has 0 heterocycles. The summed E-state index contributed by atoms with van der Waals surface area (Å²) in [5.74, 6) is 0.161. The van der Waals surface area contributed by atoms with Gasteiger partial charge in [0.2, 0.25) is 10.0 Å². The molecule has 0 saturated heterocycles. The van der Waals surface area contributed by atoms with Crippen LogP contribution in [-0.2, 0) is 10.0 Å². The van der Waals surface area contributed by atoms with E-state index in [-0.39, 0.29) is 17.5 Å². The second kappa shape index (κ2) is 6.06. The molecule has 0 radical (unpaired) electrons. The van der Waals surface area contributed by atoms with Gasteiger partial charge < -0.3 is 10.4 Å². The van der Waals surface area contributed by atoms with Gasteiger partial charge in [0.15, 0.2) is 0 Å². The Morgan fingerprint density at radius 1 is 1.28 bits per heavy atom. The number of aromatic hydroxyl groups is 1. The number of phenols is 1. The maximum atomic E-state index is 12.0. The molecule has 0 spiro atoms. The third kappa shape index (κ3) is 4.19. The molecule has 18 heavy (non-hydrogen) atoms. The Morgan fingerprint density at radius 3 is 2.33 bits per heavy atom. The van der Waals surface area contributed by atoms with Crippen LogP contribution in [0.3, 0.4) is 0 Å². The standard InChI is InChI=1S/C12H20N2O3S/c1-10(2)13-8-9-18(16,17)14(3)11-4-6-12(15)7-5-11/h4-7,10,13,15H,8-9H2,1-3H3. The summed E-state index contributed by atoms with van der Waals surface area (Å²) in [6.07, 6.45) is 0. The predicted octanol–water partition coefficient (Wildman–Crippen LogP) is 1.16. The van der Waals surface area contributed by atoms with Crippen LogP contribution in [-0.4, -0.2) is 38.9 Å². The van der Waals surface area contributed by atoms with Crippen LogP contribution in [0.25, 0.3) is 0 Å². The van der Waals surface area contributed by atoms with E-state index in [4.69, 9.17) is 5.11 Å². The Labute approximate surface area is 108 Å². The number of phenolic OH excluding ortho intramolecular Hbond substituents is 1. The number of nitrogens with one attached hydrogen (secondary N) is 1. The largest absolute Gasteiger partial charge is 0.508 e. The second-order valence-corrected chi connectivity index (χ2v) is 6.53. The van der Waals surface area contributed by atoms with Crippen LogP contribution in [0.4, 0.5) is 5.69 Å². The van der Waals surface area contributed by atoms with Crippen molar-refractivity contribution in [1.29, 1.82) is 0 Å². The maximum Gasteiger partial charge on any atom is 0.236 e. The predicted molar refractivity (Wildman–Crippen MR) is 73.4 cm³/mol. The summed E-state index contributed by atoms with van der Waals surface area (Å²) in [5, 5.41) is 12.2. The van der Waals surface area contributed by atoms with E-state index in [0.29, 0.717) is 12.2 Å². The molecule has 0 aromatic heterocycles. The second-order valence-electron chi connectivity index (χ2n) is 4.41. The number of anilines is 1. The van der Waals surface area contributed by atoms with E-state index in [1.165, 1.54) is 23.5 Å². The van der Waals surface area contributed by atoms with Gasteiger partial charge in [0.05, 0.1) is 11.4 Å². The van der Waals surface area contributed by atoms with E-state index in [9.17, 15) is 8.42 Å². The van der Waals surface area contributed by atoms with Gasteiger partial charge in [-0.1, -0.05) is 13.8 Å². The lowest BCUT2D eigenvalue weighted by Gasteiger charge is -2.20. The van der Waals surface area contributed by atoms with Crippen molar-refractivity contribution in [2.24, 2.45) is 0 Å². The molecule has 0 aliphatic heterocycles. The van der Waals surface area contributed by atoms with Gasteiger partial charge >= 0.3 is 0 Å². The molecule has 0 bridgehead atoms. The molecule has 0 aliphatic carbocycles. The molecule has 2 N–H and O–H groups in total. The first-order chi connectivity index (χ1) is 8.33. The van der Waals surface area contributed by atoms with E-state index < -0.39 is 10.0 Å². The highest BCUT2D eigenvalue weighted by atomic mass is 32.2. The number of sulfonamides is 1. The van der Waals surface area contributed by atoms with Crippen molar-refractivity contribution in [3.8, 4) is 5.75 Å². The van der Waals surface area contributed by atoms with Gasteiger partial charge in [-0.25, -0.2) is 8.42 Å². The number of nitrogens with zero attached hydrogens (tertiary/aromatic N) is 1. The van der Waals surface area contributed by atoms with Crippen LogP contribution in [0.5, 0.6) is 5.75 Å². The molecular formula is C12H20N2O3S. The number of benzene rings is 1. The summed E-state index contributed by atoms with van der Waals surface area (Å²) in [6.45, 7) is 4.36. The van der Waals surface area contributed by atoms with Crippen molar-refractivity contribution in [3.05, 3.63) is 24.3 Å². The molecule has 5 nitrogen and oxygen atoms in total. The highest BCUT2D eigenvalue weighted by Gasteiger charge is 2.17. The van der Waals surface area contributed by atoms with E-state index in [2.05, 4.69) is 5.32 Å². The van der Waals surface area contributed by atoms with E-state index in [1.54, 1.807) is 12.1 Å². The van der Waals surface area contributed by atoms with Crippen LogP contribution < -0.4 is 9.62 Å². The number of hydrogen-bond acceptors (Lipinski definition) is 4. The van der Waals surface area contributed by atoms with Gasteiger partial charge in [-0.2, -0.15) is 0 Å². The monoisotopic (exact) mass is 272 g/mol. The molecule has 102 valence electrons. The summed E-state index contributed by atoms with van der Waals surface area (Å²) < 4.78 is 25.3. The van der Waals surface area contributed by atoms with E-state index in [1.807, 2.05) is 13.8 Å². The van der Waals surface area contributed by atoms with Gasteiger partial charge in [-0.15, -0.1) is 0 Å². The Bertz CT molecular complexity index is 469. The van der Waals surface area contributed by atoms with Crippen LogP contribution in [0.15, 0.2) is 24.3 Å². The van der Waals surface area contributed by atoms with Crippen molar-refractivity contribution in [1.82, 2.24) is 5.32 Å². The van der Waals surface area contributed by atoms with Crippen LogP contribution in [0.1, 0.15) is 13.8 Å². The molecule has 6 heteroatoms. The minimum absolute atomic E-state index is 0.0442. The summed E-state index contributed by atoms with van der Waals surface area (Å²) in [7, 11) is -1.82. The Balaban J connectivity index is 2.69. The smallest absolute Gasteiger partial charge is 0.236 e. The first-order valence-electron chi connectivity index (χ1n) is 5.82. The van der Waals surface area contributed by atoms with Crippen molar-refractivity contribution >= 4 is 15.7 Å². The van der Waals surface area contributed by atoms with Crippen molar-refractivity contribution < 1.29 is 13.5 Å². The number of hydrogen-bond donors (Lipinski definition) is 2. The molecule has 1 rings (SSSR count). The molecule has 1 aromatic carbocycles. The normalized spacial score (nSPS) is 11.8. The zero-order valence-electron chi connectivity index (χ0n) is 10.9. The summed E-state index contributed by atoms with van der Waals surface area (Å²) in [5.41, 5.74) is 0.539. The van der Waals surface area contributed by atoms with Crippen LogP contribution >= 0.6 is 0 Å². The minimum atomic E-state index is -3.33. The lowest BCUT2D eigenvalue weighted by molar-refractivity contribution is 0.475. The quantitative estimate of drug-likeness (QED) is 0.815. The molecule has 1 aromatic rings. The lowest BCUT2D eigenvalue weighted by Crippen LogP contribution is -2.35. The molecule has 0 aliphatic rings. The Hall–Kier alpha value is -1.27. The fourth-order valence-electron chi connectivity index (χ4n) is 1.44. The van der Waals surface area contributed by atoms with Gasteiger partial charge in [-0.05, 0) is 24.3 Å². The van der Waals surface area contributed by atoms with Crippen molar-refractivity contribution in [2.75, 3.05) is 23.7 Å². The zero-order chi connectivity index (χ0) is 13.8. The average Bonchev–Trinajstić information content (AvgIpc) is 2.28. The Kier molecular flexibility index (Phi) is 4.98. The van der Waals surface area contributed by atoms with E-state index in [0.717, 1.165) is 0 Å². The summed E-state index contributed by atoms with van der Waals surface area (Å²) in [6, 6.07) is 6.34. The summed E-state index contributed by atoms with van der Waals surface area (Å²) in [4.78, 5) is 0. The van der Waals surface area contributed by atoms with Gasteiger partial charge in [-0.3, -0.25) is 4.31 Å². The molecule has 0 fully saturated rings. The lowest BCUT2D eigenvalue weighted by atomic mass is 10.3. The SMILES string of the molecule is CC(C)NCCS(=O)(=O)N(C)c1ccc(O)cc1. The van der Waals surface area contributed by atoms with Crippen molar-refractivity contribution in [3.63, 3.8) is 0 Å². The molecule has 0 unspecified atom stereocenters. The highest BCUT2D eigenvalue weighted by molar-refractivity contribution is 7.92. The average molecular weight is 272 g/mol. The summed E-state index contributed by atoms with van der Waals surface area (Å²) >= 11 is 0. The van der Waals surface area contributed by atoms with Crippen LogP contribution in [0.2, 0.25) is 0 Å². The van der Waals surface area contributed by atoms with Gasteiger partial charge in [0, 0.05) is 19.6 Å². The molecular weight excluding hydrogens is 252 g/mol. The third-order valence-corrected chi connectivity index (χ3v) is 4.31. The first kappa shape index (κ1) is 14.8. The first-order valence-corrected chi connectivity index (χ1v) is 7.43. The molecule has 0 saturated carbocycles. The van der Waals surface area contributed by atoms with E-state index >= 15 is 0 Å². The zero-order valence-corrected chi connectivity index (χ0v) is 11.7. The fraction of sp³-hybridized carbons (Fsp3) is 0.500. The maximum absolute atomic E-state index is 12.0. The van der Waals surface area contributed by atoms with Crippen LogP contribution in [0, 0.1) is 0 Å². The Morgan fingerprint density at radius 2 is 1.83 bits per heavy atom. The minimum Gasteiger partial charge on any atom is -0.508 e. The third-order valence-electron chi connectivity index (χ3n) is 2.54.